The van der Waals surface area contributed by atoms with Gasteiger partial charge in [-0.1, -0.05) is 62.2 Å². The van der Waals surface area contributed by atoms with E-state index in [1.54, 1.807) is 30.3 Å². The Morgan fingerprint density at radius 3 is 2.19 bits per heavy atom. The molecule has 0 radical (unpaired) electrons. The molecule has 0 bridgehead atoms. The molecule has 3 aromatic rings. The van der Waals surface area contributed by atoms with Crippen molar-refractivity contribution in [1.29, 1.82) is 0 Å². The fourth-order valence-corrected chi connectivity index (χ4v) is 4.50. The van der Waals surface area contributed by atoms with Gasteiger partial charge in [0.2, 0.25) is 0 Å². The van der Waals surface area contributed by atoms with E-state index in [2.05, 4.69) is 0 Å². The minimum Gasteiger partial charge on any atom is -0.508 e. The summed E-state index contributed by atoms with van der Waals surface area (Å²) in [7, 11) is 1.47. The maximum atomic E-state index is 13.4. The topological polar surface area (TPSA) is 87.1 Å². The lowest BCUT2D eigenvalue weighted by molar-refractivity contribution is -0.132. The molecule has 0 spiro atoms. The van der Waals surface area contributed by atoms with Crippen molar-refractivity contribution in [3.05, 3.63) is 93.0 Å². The highest BCUT2D eigenvalue weighted by atomic mass is 35.5. The molecular weight excluding hydrogens is 501 g/mol. The Bertz CT molecular complexity index is 1390. The smallest absolute Gasteiger partial charge is 0.300 e. The van der Waals surface area contributed by atoms with Gasteiger partial charge in [0.1, 0.15) is 17.3 Å². The number of hydrogen-bond donors (Lipinski definition) is 2. The Kier molecular flexibility index (Phi) is 6.78. The van der Waals surface area contributed by atoms with Crippen LogP contribution in [0.1, 0.15) is 43.5 Å². The maximum Gasteiger partial charge on any atom is 0.300 e. The summed E-state index contributed by atoms with van der Waals surface area (Å²) < 4.78 is 5.48. The minimum absolute atomic E-state index is 0.0183. The zero-order chi connectivity index (χ0) is 26.4. The van der Waals surface area contributed by atoms with Crippen LogP contribution in [0, 0.1) is 0 Å². The van der Waals surface area contributed by atoms with Crippen molar-refractivity contribution in [2.75, 3.05) is 12.0 Å². The van der Waals surface area contributed by atoms with E-state index in [-0.39, 0.29) is 27.5 Å². The van der Waals surface area contributed by atoms with Gasteiger partial charge < -0.3 is 14.9 Å². The Balaban J connectivity index is 2.00. The van der Waals surface area contributed by atoms with Gasteiger partial charge in [0.15, 0.2) is 0 Å². The lowest BCUT2D eigenvalue weighted by atomic mass is 9.85. The molecule has 1 saturated heterocycles. The van der Waals surface area contributed by atoms with Crippen molar-refractivity contribution in [3.63, 3.8) is 0 Å². The van der Waals surface area contributed by atoms with E-state index >= 15 is 0 Å². The van der Waals surface area contributed by atoms with Gasteiger partial charge in [-0.15, -0.1) is 0 Å². The molecule has 1 atom stereocenters. The average molecular weight is 526 g/mol. The predicted molar refractivity (Wildman–Crippen MR) is 141 cm³/mol. The molecule has 36 heavy (non-hydrogen) atoms. The Morgan fingerprint density at radius 2 is 1.61 bits per heavy atom. The first kappa shape index (κ1) is 25.6. The highest BCUT2D eigenvalue weighted by molar-refractivity contribution is 6.52. The van der Waals surface area contributed by atoms with Crippen LogP contribution in [0.4, 0.5) is 5.69 Å². The van der Waals surface area contributed by atoms with Crippen molar-refractivity contribution in [2.45, 2.75) is 32.2 Å². The lowest BCUT2D eigenvalue weighted by Crippen LogP contribution is -2.29. The zero-order valence-electron chi connectivity index (χ0n) is 20.2. The number of phenolic OH excluding ortho intramolecular Hbond substituents is 1. The molecule has 0 aromatic heterocycles. The third-order valence-electron chi connectivity index (χ3n) is 6.16. The molecule has 2 N–H and O–H groups in total. The molecule has 186 valence electrons. The van der Waals surface area contributed by atoms with Crippen molar-refractivity contribution in [3.8, 4) is 11.5 Å². The van der Waals surface area contributed by atoms with E-state index in [1.807, 2.05) is 26.8 Å². The number of aromatic hydroxyl groups is 1. The van der Waals surface area contributed by atoms with Crippen LogP contribution in [-0.4, -0.2) is 29.0 Å². The van der Waals surface area contributed by atoms with Gasteiger partial charge in [-0.3, -0.25) is 14.5 Å². The number of methoxy groups -OCH3 is 1. The number of Topliss-reactive ketones (excluding diaryl/α,β-unsaturated/α-hetero) is 1. The van der Waals surface area contributed by atoms with E-state index in [4.69, 9.17) is 27.9 Å². The van der Waals surface area contributed by atoms with Gasteiger partial charge in [-0.2, -0.15) is 0 Å². The molecule has 1 unspecified atom stereocenters. The largest absolute Gasteiger partial charge is 0.508 e. The molecule has 0 saturated carbocycles. The number of hydrogen-bond acceptors (Lipinski definition) is 5. The van der Waals surface area contributed by atoms with Crippen LogP contribution >= 0.6 is 23.2 Å². The molecule has 6 nitrogen and oxygen atoms in total. The lowest BCUT2D eigenvalue weighted by Gasteiger charge is -2.26. The van der Waals surface area contributed by atoms with E-state index in [9.17, 15) is 19.8 Å². The van der Waals surface area contributed by atoms with Crippen LogP contribution < -0.4 is 9.64 Å². The quantitative estimate of drug-likeness (QED) is 0.226. The summed E-state index contributed by atoms with van der Waals surface area (Å²) >= 11 is 12.3. The molecule has 1 heterocycles. The van der Waals surface area contributed by atoms with Gasteiger partial charge in [0.05, 0.1) is 34.3 Å². The number of aliphatic hydroxyl groups excluding tert-OH is 1. The molecule has 4 rings (SSSR count). The second kappa shape index (κ2) is 9.52. The summed E-state index contributed by atoms with van der Waals surface area (Å²) in [6, 6.07) is 15.1. The van der Waals surface area contributed by atoms with Gasteiger partial charge >= 0.3 is 0 Å². The number of benzene rings is 3. The highest BCUT2D eigenvalue weighted by Gasteiger charge is 2.47. The number of carbonyl (C=O) groups excluding carboxylic acids is 2. The number of aliphatic hydroxyl groups is 1. The number of halogens is 2. The molecular formula is C28H25Cl2NO5. The SMILES string of the molecule is COc1ccc(C(C)(C)C)cc1/C(O)=C1\C(=O)C(=O)N(c2ccc(Cl)c(Cl)c2)C1c1ccc(O)cc1. The number of ether oxygens (including phenoxy) is 1. The van der Waals surface area contributed by atoms with Gasteiger partial charge in [0.25, 0.3) is 11.7 Å². The number of amides is 1. The number of carbonyl (C=O) groups is 2. The Hall–Kier alpha value is -3.48. The number of ketones is 1. The predicted octanol–water partition coefficient (Wildman–Crippen LogP) is 6.63. The second-order valence-corrected chi connectivity index (χ2v) is 10.3. The van der Waals surface area contributed by atoms with E-state index < -0.39 is 17.7 Å². The summed E-state index contributed by atoms with van der Waals surface area (Å²) in [5.41, 5.74) is 1.68. The number of nitrogens with zero attached hydrogens (tertiary/aromatic N) is 1. The van der Waals surface area contributed by atoms with Crippen LogP contribution in [0.2, 0.25) is 10.0 Å². The fourth-order valence-electron chi connectivity index (χ4n) is 4.21. The summed E-state index contributed by atoms with van der Waals surface area (Å²) in [4.78, 5) is 28.0. The van der Waals surface area contributed by atoms with E-state index in [1.165, 1.54) is 36.3 Å². The number of anilines is 1. The van der Waals surface area contributed by atoms with Crippen LogP contribution in [0.3, 0.4) is 0 Å². The van der Waals surface area contributed by atoms with Gasteiger partial charge in [-0.25, -0.2) is 0 Å². The van der Waals surface area contributed by atoms with Gasteiger partial charge in [0, 0.05) is 5.69 Å². The molecule has 3 aromatic carbocycles. The first-order valence-electron chi connectivity index (χ1n) is 11.2. The molecule has 1 aliphatic rings. The van der Waals surface area contributed by atoms with Crippen LogP contribution in [-0.2, 0) is 15.0 Å². The van der Waals surface area contributed by atoms with Crippen molar-refractivity contribution >= 4 is 46.3 Å². The van der Waals surface area contributed by atoms with Crippen molar-refractivity contribution in [2.24, 2.45) is 0 Å². The minimum atomic E-state index is -0.995. The first-order chi connectivity index (χ1) is 16.9. The molecule has 1 amide bonds. The zero-order valence-corrected chi connectivity index (χ0v) is 21.7. The van der Waals surface area contributed by atoms with E-state index in [0.717, 1.165) is 5.56 Å². The maximum absolute atomic E-state index is 13.4. The fraction of sp³-hybridized carbons (Fsp3) is 0.214. The first-order valence-corrected chi connectivity index (χ1v) is 11.9. The number of phenols is 1. The highest BCUT2D eigenvalue weighted by Crippen LogP contribution is 2.45. The van der Waals surface area contributed by atoms with Crippen LogP contribution in [0.15, 0.2) is 66.2 Å². The molecule has 1 fully saturated rings. The molecule has 0 aliphatic carbocycles. The summed E-state index contributed by atoms with van der Waals surface area (Å²) in [5, 5.41) is 21.9. The summed E-state index contributed by atoms with van der Waals surface area (Å²) in [6.07, 6.45) is 0. The van der Waals surface area contributed by atoms with Crippen LogP contribution in [0.5, 0.6) is 11.5 Å². The third kappa shape index (κ3) is 4.54. The standard InChI is InChI=1S/C28H25Cl2NO5/c1-28(2,3)16-7-12-22(36-4)19(13-16)25(33)23-24(15-5-9-18(32)10-6-15)31(27(35)26(23)34)17-8-11-20(29)21(30)14-17/h5-14,24,32-33H,1-4H3/b25-23+. The number of rotatable bonds is 4. The Labute approximate surface area is 219 Å². The molecule has 1 aliphatic heterocycles. The average Bonchev–Trinajstić information content (AvgIpc) is 3.10. The normalized spacial score (nSPS) is 17.5. The van der Waals surface area contributed by atoms with Crippen molar-refractivity contribution < 1.29 is 24.5 Å². The molecule has 8 heteroatoms. The monoisotopic (exact) mass is 525 g/mol. The summed E-state index contributed by atoms with van der Waals surface area (Å²) in [6.45, 7) is 6.08. The Morgan fingerprint density at radius 1 is 0.944 bits per heavy atom. The van der Waals surface area contributed by atoms with E-state index in [0.29, 0.717) is 27.6 Å². The van der Waals surface area contributed by atoms with Gasteiger partial charge in [-0.05, 0) is 59.0 Å². The van der Waals surface area contributed by atoms with Crippen molar-refractivity contribution in [1.82, 2.24) is 0 Å². The summed E-state index contributed by atoms with van der Waals surface area (Å²) in [5.74, 6) is -1.69. The van der Waals surface area contributed by atoms with Crippen LogP contribution in [0.25, 0.3) is 5.76 Å². The second-order valence-electron chi connectivity index (χ2n) is 9.52. The third-order valence-corrected chi connectivity index (χ3v) is 6.89.